The van der Waals surface area contributed by atoms with Crippen LogP contribution in [-0.4, -0.2) is 27.3 Å². The molecule has 0 amide bonds. The van der Waals surface area contributed by atoms with E-state index < -0.39 is 12.1 Å². The van der Waals surface area contributed by atoms with Crippen LogP contribution in [0.2, 0.25) is 10.0 Å². The van der Waals surface area contributed by atoms with E-state index in [1.54, 1.807) is 30.3 Å². The molecule has 1 aromatic heterocycles. The van der Waals surface area contributed by atoms with Crippen molar-refractivity contribution in [2.45, 2.75) is 0 Å². The summed E-state index contributed by atoms with van der Waals surface area (Å²) in [5.74, 6) is -1.33. The molecular weight excluding hydrogens is 381 g/mol. The number of carbonyl (C=O) groups is 2. The standard InChI is InChI=1S/C18H11Cl2NO5/c19-10-6-13(20)15-12(16(26-18(24)25)21-14(15)7-10)8-11(17(22)23)9-4-2-1-3-5-9/h1-8,21H,(H,22,23)(H,24,25)/b11-8+. The fourth-order valence-corrected chi connectivity index (χ4v) is 3.18. The lowest BCUT2D eigenvalue weighted by molar-refractivity contribution is -0.130. The average Bonchev–Trinajstić information content (AvgIpc) is 2.89. The number of hydrogen-bond donors (Lipinski definition) is 3. The molecule has 1 heterocycles. The third-order valence-corrected chi connectivity index (χ3v) is 4.13. The van der Waals surface area contributed by atoms with Gasteiger partial charge in [0.25, 0.3) is 0 Å². The lowest BCUT2D eigenvalue weighted by atomic mass is 10.0. The van der Waals surface area contributed by atoms with E-state index in [0.29, 0.717) is 21.5 Å². The Kier molecular flexibility index (Phi) is 4.88. The third kappa shape index (κ3) is 3.51. The van der Waals surface area contributed by atoms with E-state index in [1.807, 2.05) is 0 Å². The van der Waals surface area contributed by atoms with Crippen LogP contribution in [-0.2, 0) is 4.79 Å². The maximum Gasteiger partial charge on any atom is 0.512 e. The van der Waals surface area contributed by atoms with Gasteiger partial charge in [0.1, 0.15) is 0 Å². The van der Waals surface area contributed by atoms with Crippen molar-refractivity contribution in [2.75, 3.05) is 0 Å². The predicted molar refractivity (Wildman–Crippen MR) is 98.9 cm³/mol. The second-order valence-electron chi connectivity index (χ2n) is 5.28. The zero-order chi connectivity index (χ0) is 18.8. The van der Waals surface area contributed by atoms with Crippen molar-refractivity contribution in [3.05, 3.63) is 63.6 Å². The maximum absolute atomic E-state index is 11.7. The van der Waals surface area contributed by atoms with E-state index >= 15 is 0 Å². The number of halogens is 2. The first-order valence-corrected chi connectivity index (χ1v) is 8.04. The average molecular weight is 392 g/mol. The van der Waals surface area contributed by atoms with Crippen LogP contribution in [0.3, 0.4) is 0 Å². The molecule has 8 heteroatoms. The second kappa shape index (κ2) is 7.11. The largest absolute Gasteiger partial charge is 0.512 e. The van der Waals surface area contributed by atoms with Gasteiger partial charge in [0.05, 0.1) is 16.1 Å². The molecule has 3 rings (SSSR count). The van der Waals surface area contributed by atoms with Crippen LogP contribution in [0.1, 0.15) is 11.1 Å². The number of fused-ring (bicyclic) bond motifs is 1. The van der Waals surface area contributed by atoms with Gasteiger partial charge >= 0.3 is 12.1 Å². The predicted octanol–water partition coefficient (Wildman–Crippen LogP) is 5.16. The van der Waals surface area contributed by atoms with Crippen LogP contribution in [0, 0.1) is 0 Å². The van der Waals surface area contributed by atoms with Crippen LogP contribution in [0.5, 0.6) is 5.88 Å². The highest BCUT2D eigenvalue weighted by molar-refractivity contribution is 6.39. The summed E-state index contributed by atoms with van der Waals surface area (Å²) in [5, 5.41) is 19.5. The number of benzene rings is 2. The summed E-state index contributed by atoms with van der Waals surface area (Å²) in [7, 11) is 0. The number of rotatable bonds is 4. The SMILES string of the molecule is O=C(O)Oc1[nH]c2cc(Cl)cc(Cl)c2c1/C=C(/C(=O)O)c1ccccc1. The van der Waals surface area contributed by atoms with E-state index in [9.17, 15) is 14.7 Å². The fraction of sp³-hybridized carbons (Fsp3) is 0. The minimum atomic E-state index is -1.55. The van der Waals surface area contributed by atoms with Crippen LogP contribution >= 0.6 is 23.2 Å². The number of ether oxygens (including phenoxy) is 1. The Bertz CT molecular complexity index is 1040. The van der Waals surface area contributed by atoms with Gasteiger partial charge in [0.15, 0.2) is 0 Å². The molecule has 0 aliphatic carbocycles. The number of carboxylic acid groups (broad SMARTS) is 2. The van der Waals surface area contributed by atoms with E-state index in [-0.39, 0.29) is 22.0 Å². The van der Waals surface area contributed by atoms with Gasteiger partial charge < -0.3 is 19.9 Å². The number of nitrogens with one attached hydrogen (secondary N) is 1. The first-order valence-electron chi connectivity index (χ1n) is 7.28. The Balaban J connectivity index is 2.30. The zero-order valence-corrected chi connectivity index (χ0v) is 14.5. The van der Waals surface area contributed by atoms with Crippen molar-refractivity contribution in [2.24, 2.45) is 0 Å². The minimum Gasteiger partial charge on any atom is -0.478 e. The van der Waals surface area contributed by atoms with Crippen LogP contribution in [0.4, 0.5) is 4.79 Å². The molecule has 132 valence electrons. The van der Waals surface area contributed by atoms with Crippen LogP contribution < -0.4 is 4.74 Å². The molecule has 2 aromatic carbocycles. The quantitative estimate of drug-likeness (QED) is 0.421. The van der Waals surface area contributed by atoms with E-state index in [1.165, 1.54) is 18.2 Å². The molecule has 3 N–H and O–H groups in total. The number of aliphatic carboxylic acids is 1. The van der Waals surface area contributed by atoms with Gasteiger partial charge in [-0.25, -0.2) is 9.59 Å². The molecular formula is C18H11Cl2NO5. The molecule has 0 aliphatic rings. The molecule has 0 radical (unpaired) electrons. The molecule has 0 bridgehead atoms. The molecule has 0 saturated heterocycles. The van der Waals surface area contributed by atoms with E-state index in [0.717, 1.165) is 0 Å². The van der Waals surface area contributed by atoms with Crippen molar-refractivity contribution in [3.63, 3.8) is 0 Å². The van der Waals surface area contributed by atoms with Crippen molar-refractivity contribution in [1.29, 1.82) is 0 Å². The molecule has 0 aliphatic heterocycles. The smallest absolute Gasteiger partial charge is 0.478 e. The van der Waals surface area contributed by atoms with Gasteiger partial charge in [-0.2, -0.15) is 0 Å². The van der Waals surface area contributed by atoms with E-state index in [2.05, 4.69) is 4.98 Å². The van der Waals surface area contributed by atoms with Crippen molar-refractivity contribution in [3.8, 4) is 5.88 Å². The maximum atomic E-state index is 11.7. The van der Waals surface area contributed by atoms with Crippen molar-refractivity contribution in [1.82, 2.24) is 4.98 Å². The minimum absolute atomic E-state index is 0.0484. The Hall–Kier alpha value is -2.96. The molecule has 0 fully saturated rings. The molecule has 6 nitrogen and oxygen atoms in total. The zero-order valence-electron chi connectivity index (χ0n) is 13.0. The second-order valence-corrected chi connectivity index (χ2v) is 6.12. The van der Waals surface area contributed by atoms with Gasteiger partial charge in [-0.05, 0) is 23.8 Å². The summed E-state index contributed by atoms with van der Waals surface area (Å²) in [6.07, 6.45) is -0.237. The molecule has 0 saturated carbocycles. The summed E-state index contributed by atoms with van der Waals surface area (Å²) < 4.78 is 4.76. The van der Waals surface area contributed by atoms with Gasteiger partial charge in [0, 0.05) is 16.0 Å². The van der Waals surface area contributed by atoms with Gasteiger partial charge in [0.2, 0.25) is 5.88 Å². The normalized spacial score (nSPS) is 11.5. The number of hydrogen-bond acceptors (Lipinski definition) is 3. The Labute approximate surface area is 157 Å². The number of H-pyrrole nitrogens is 1. The van der Waals surface area contributed by atoms with Crippen LogP contribution in [0.25, 0.3) is 22.6 Å². The van der Waals surface area contributed by atoms with Gasteiger partial charge in [-0.1, -0.05) is 53.5 Å². The lowest BCUT2D eigenvalue weighted by Crippen LogP contribution is -2.05. The van der Waals surface area contributed by atoms with Gasteiger partial charge in [-0.3, -0.25) is 0 Å². The molecule has 26 heavy (non-hydrogen) atoms. The first-order chi connectivity index (χ1) is 12.4. The summed E-state index contributed by atoms with van der Waals surface area (Å²) in [4.78, 5) is 25.5. The summed E-state index contributed by atoms with van der Waals surface area (Å²) in [6.45, 7) is 0. The number of aromatic nitrogens is 1. The number of aromatic amines is 1. The summed E-state index contributed by atoms with van der Waals surface area (Å²) in [6, 6.07) is 11.4. The molecule has 0 unspecified atom stereocenters. The van der Waals surface area contributed by atoms with Crippen molar-refractivity contribution < 1.29 is 24.5 Å². The lowest BCUT2D eigenvalue weighted by Gasteiger charge is -2.05. The summed E-state index contributed by atoms with van der Waals surface area (Å²) in [5.41, 5.74) is 1.02. The fourth-order valence-electron chi connectivity index (χ4n) is 2.59. The Morgan fingerprint density at radius 1 is 1.08 bits per heavy atom. The Morgan fingerprint density at radius 3 is 2.38 bits per heavy atom. The highest BCUT2D eigenvalue weighted by Crippen LogP contribution is 2.38. The third-order valence-electron chi connectivity index (χ3n) is 3.61. The van der Waals surface area contributed by atoms with Gasteiger partial charge in [-0.15, -0.1) is 0 Å². The highest BCUT2D eigenvalue weighted by atomic mass is 35.5. The highest BCUT2D eigenvalue weighted by Gasteiger charge is 2.20. The topological polar surface area (TPSA) is 99.6 Å². The first kappa shape index (κ1) is 17.8. The monoisotopic (exact) mass is 391 g/mol. The molecule has 0 spiro atoms. The Morgan fingerprint density at radius 2 is 1.77 bits per heavy atom. The molecule has 3 aromatic rings. The van der Waals surface area contributed by atoms with Crippen molar-refractivity contribution >= 4 is 57.9 Å². The number of carboxylic acids is 1. The molecule has 0 atom stereocenters. The van der Waals surface area contributed by atoms with Crippen LogP contribution in [0.15, 0.2) is 42.5 Å². The van der Waals surface area contributed by atoms with E-state index in [4.69, 9.17) is 33.0 Å². The summed E-state index contributed by atoms with van der Waals surface area (Å²) >= 11 is 12.2.